The molecule has 1 heterocycles. The molecule has 0 aliphatic carbocycles. The van der Waals surface area contributed by atoms with Crippen molar-refractivity contribution in [2.75, 3.05) is 42.8 Å². The Hall–Kier alpha value is -4.45. The normalized spacial score (nSPS) is 11.4. The third-order valence-corrected chi connectivity index (χ3v) is 6.94. The number of primary amides is 1. The quantitative estimate of drug-likeness (QED) is 0.323. The van der Waals surface area contributed by atoms with Gasteiger partial charge in [-0.3, -0.25) is 24.1 Å². The molecule has 0 bridgehead atoms. The number of nitrogens with zero attached hydrogens (tertiary/aromatic N) is 3. The van der Waals surface area contributed by atoms with E-state index >= 15 is 0 Å². The van der Waals surface area contributed by atoms with Crippen LogP contribution in [0.3, 0.4) is 0 Å². The highest BCUT2D eigenvalue weighted by molar-refractivity contribution is 7.09. The van der Waals surface area contributed by atoms with Crippen molar-refractivity contribution in [2.24, 2.45) is 5.73 Å². The van der Waals surface area contributed by atoms with Crippen LogP contribution in [0.5, 0.6) is 0 Å². The molecule has 0 spiro atoms. The Labute approximate surface area is 230 Å². The predicted octanol–water partition coefficient (Wildman–Crippen LogP) is 2.57. The maximum atomic E-state index is 14.1. The second kappa shape index (κ2) is 12.4. The van der Waals surface area contributed by atoms with E-state index in [1.54, 1.807) is 31.2 Å². The molecule has 3 amide bonds. The van der Waals surface area contributed by atoms with Gasteiger partial charge in [0.25, 0.3) is 11.8 Å². The number of carbonyl (C=O) groups is 4. The molecule has 0 radical (unpaired) electrons. The molecule has 2 aromatic carbocycles. The number of rotatable bonds is 10. The van der Waals surface area contributed by atoms with Gasteiger partial charge in [-0.15, -0.1) is 0 Å². The molecule has 3 aromatic rings. The van der Waals surface area contributed by atoms with Gasteiger partial charge in [-0.25, -0.2) is 0 Å². The molecule has 39 heavy (non-hydrogen) atoms. The Morgan fingerprint density at radius 3 is 2.21 bits per heavy atom. The second-order valence-electron chi connectivity index (χ2n) is 8.99. The monoisotopic (exact) mass is 552 g/mol. The first-order valence-electron chi connectivity index (χ1n) is 12.1. The molecule has 3 rings (SSSR count). The molecule has 0 fully saturated rings. The average molecular weight is 553 g/mol. The molecule has 1 aromatic heterocycles. The number of carbonyl (C=O) groups excluding carboxylic acids is 4. The van der Waals surface area contributed by atoms with Crippen molar-refractivity contribution in [1.82, 2.24) is 9.69 Å². The number of nitrogens with one attached hydrogen (secondary N) is 1. The standard InChI is InChI=1S/C27H32N6O5S/c1-6-38-20(34)14-30-26(36)23(17-8-11-18(12-9-17)32(4)5)33(19-10-7-15(2)16(3)13-19)27(37)24-21(28)22(25(29)35)31-39-24/h7-13,23H,6,14,28H2,1-5H3,(H2,29,35)(H,30,36). The third-order valence-electron chi connectivity index (χ3n) is 6.09. The van der Waals surface area contributed by atoms with Crippen LogP contribution in [0, 0.1) is 13.8 Å². The molecule has 0 aliphatic rings. The van der Waals surface area contributed by atoms with Crippen LogP contribution in [0.25, 0.3) is 0 Å². The number of hydrogen-bond acceptors (Lipinski definition) is 9. The van der Waals surface area contributed by atoms with E-state index in [1.165, 1.54) is 4.90 Å². The molecule has 206 valence electrons. The lowest BCUT2D eigenvalue weighted by Crippen LogP contribution is -2.45. The molecule has 5 N–H and O–H groups in total. The Morgan fingerprint density at radius 2 is 1.67 bits per heavy atom. The summed E-state index contributed by atoms with van der Waals surface area (Å²) in [7, 11) is 3.76. The average Bonchev–Trinajstić information content (AvgIpc) is 3.29. The Morgan fingerprint density at radius 1 is 1.03 bits per heavy atom. The molecule has 1 unspecified atom stereocenters. The number of nitrogens with two attached hydrogens (primary N) is 2. The van der Waals surface area contributed by atoms with Crippen molar-refractivity contribution in [3.63, 3.8) is 0 Å². The summed E-state index contributed by atoms with van der Waals surface area (Å²) < 4.78 is 8.90. The zero-order chi connectivity index (χ0) is 28.9. The topological polar surface area (TPSA) is 161 Å². The number of anilines is 3. The summed E-state index contributed by atoms with van der Waals surface area (Å²) in [6, 6.07) is 11.2. The van der Waals surface area contributed by atoms with Crippen LogP contribution in [0.15, 0.2) is 42.5 Å². The summed E-state index contributed by atoms with van der Waals surface area (Å²) in [6.45, 7) is 5.24. The van der Waals surface area contributed by atoms with Crippen molar-refractivity contribution in [3.8, 4) is 0 Å². The number of aromatic nitrogens is 1. The lowest BCUT2D eigenvalue weighted by molar-refractivity contribution is -0.143. The molecule has 0 aliphatic heterocycles. The number of benzene rings is 2. The van der Waals surface area contributed by atoms with Crippen LogP contribution in [-0.2, 0) is 14.3 Å². The van der Waals surface area contributed by atoms with Gasteiger partial charge in [-0.2, -0.15) is 4.37 Å². The summed E-state index contributed by atoms with van der Waals surface area (Å²) in [6.07, 6.45) is 0. The zero-order valence-electron chi connectivity index (χ0n) is 22.5. The number of esters is 1. The largest absolute Gasteiger partial charge is 0.465 e. The first-order valence-corrected chi connectivity index (χ1v) is 12.9. The van der Waals surface area contributed by atoms with Gasteiger partial charge in [0.2, 0.25) is 5.91 Å². The molecule has 12 heteroatoms. The minimum atomic E-state index is -1.22. The smallest absolute Gasteiger partial charge is 0.325 e. The van der Waals surface area contributed by atoms with E-state index < -0.39 is 29.7 Å². The highest BCUT2D eigenvalue weighted by Gasteiger charge is 2.36. The molecule has 1 atom stereocenters. The Balaban J connectivity index is 2.20. The molecule has 0 saturated carbocycles. The van der Waals surface area contributed by atoms with Gasteiger partial charge < -0.3 is 26.4 Å². The first kappa shape index (κ1) is 29.1. The van der Waals surface area contributed by atoms with Crippen LogP contribution >= 0.6 is 11.5 Å². The summed E-state index contributed by atoms with van der Waals surface area (Å²) in [5, 5.41) is 2.59. The lowest BCUT2D eigenvalue weighted by atomic mass is 10.0. The minimum Gasteiger partial charge on any atom is -0.465 e. The van der Waals surface area contributed by atoms with Crippen molar-refractivity contribution < 1.29 is 23.9 Å². The second-order valence-corrected chi connectivity index (χ2v) is 9.77. The molecule has 0 saturated heterocycles. The van der Waals surface area contributed by atoms with E-state index in [-0.39, 0.29) is 29.4 Å². The van der Waals surface area contributed by atoms with Crippen molar-refractivity contribution in [2.45, 2.75) is 26.8 Å². The summed E-state index contributed by atoms with van der Waals surface area (Å²) in [5.74, 6) is -2.77. The van der Waals surface area contributed by atoms with Crippen LogP contribution in [0.2, 0.25) is 0 Å². The van der Waals surface area contributed by atoms with Crippen LogP contribution < -0.4 is 26.6 Å². The van der Waals surface area contributed by atoms with Gasteiger partial charge in [0, 0.05) is 25.5 Å². The van der Waals surface area contributed by atoms with E-state index in [0.717, 1.165) is 28.3 Å². The van der Waals surface area contributed by atoms with Gasteiger partial charge in [-0.1, -0.05) is 18.2 Å². The number of amides is 3. The summed E-state index contributed by atoms with van der Waals surface area (Å²) >= 11 is 0.719. The van der Waals surface area contributed by atoms with Crippen molar-refractivity contribution >= 4 is 52.3 Å². The fourth-order valence-electron chi connectivity index (χ4n) is 3.84. The van der Waals surface area contributed by atoms with E-state index in [9.17, 15) is 19.2 Å². The maximum absolute atomic E-state index is 14.1. The van der Waals surface area contributed by atoms with Crippen LogP contribution in [-0.4, -0.2) is 55.3 Å². The van der Waals surface area contributed by atoms with E-state index in [0.29, 0.717) is 11.3 Å². The Kier molecular flexibility index (Phi) is 9.25. The maximum Gasteiger partial charge on any atom is 0.325 e. The number of aryl methyl sites for hydroxylation is 2. The van der Waals surface area contributed by atoms with Gasteiger partial charge in [0.15, 0.2) is 5.69 Å². The van der Waals surface area contributed by atoms with E-state index in [2.05, 4.69) is 9.69 Å². The highest BCUT2D eigenvalue weighted by Crippen LogP contribution is 2.34. The lowest BCUT2D eigenvalue weighted by Gasteiger charge is -2.32. The SMILES string of the molecule is CCOC(=O)CNC(=O)C(c1ccc(N(C)C)cc1)N(C(=O)c1snc(C(N)=O)c1N)c1ccc(C)c(C)c1. The van der Waals surface area contributed by atoms with Crippen LogP contribution in [0.4, 0.5) is 17.1 Å². The van der Waals surface area contributed by atoms with Gasteiger partial charge >= 0.3 is 5.97 Å². The van der Waals surface area contributed by atoms with Crippen molar-refractivity contribution in [3.05, 3.63) is 69.7 Å². The fourth-order valence-corrected chi connectivity index (χ4v) is 4.58. The minimum absolute atomic E-state index is 0.0462. The van der Waals surface area contributed by atoms with Gasteiger partial charge in [0.1, 0.15) is 17.5 Å². The number of ether oxygens (including phenoxy) is 1. The number of hydrogen-bond donors (Lipinski definition) is 3. The molecular formula is C27H32N6O5S. The third kappa shape index (κ3) is 6.52. The van der Waals surface area contributed by atoms with Crippen molar-refractivity contribution in [1.29, 1.82) is 0 Å². The number of nitrogen functional groups attached to an aromatic ring is 1. The summed E-state index contributed by atoms with van der Waals surface area (Å²) in [5.41, 5.74) is 14.7. The Bertz CT molecular complexity index is 1390. The van der Waals surface area contributed by atoms with Crippen LogP contribution in [0.1, 0.15) is 49.8 Å². The molecular weight excluding hydrogens is 520 g/mol. The van der Waals surface area contributed by atoms with Gasteiger partial charge in [0.05, 0.1) is 12.3 Å². The van der Waals surface area contributed by atoms with E-state index in [4.69, 9.17) is 16.2 Å². The van der Waals surface area contributed by atoms with Gasteiger partial charge in [-0.05, 0) is 73.3 Å². The zero-order valence-corrected chi connectivity index (χ0v) is 23.3. The fraction of sp³-hybridized carbons (Fsp3) is 0.296. The molecule has 11 nitrogen and oxygen atoms in total. The first-order chi connectivity index (χ1) is 18.5. The summed E-state index contributed by atoms with van der Waals surface area (Å²) in [4.78, 5) is 54.8. The predicted molar refractivity (Wildman–Crippen MR) is 151 cm³/mol. The highest BCUT2D eigenvalue weighted by atomic mass is 32.1. The van der Waals surface area contributed by atoms with E-state index in [1.807, 2.05) is 51.0 Å².